The molecule has 21 heavy (non-hydrogen) atoms. The highest BCUT2D eigenvalue weighted by Gasteiger charge is 2.19. The van der Waals surface area contributed by atoms with Gasteiger partial charge in [-0.05, 0) is 35.9 Å². The van der Waals surface area contributed by atoms with Crippen molar-refractivity contribution < 1.29 is 17.2 Å². The van der Waals surface area contributed by atoms with Gasteiger partial charge in [0.15, 0.2) is 0 Å². The molecule has 2 aromatic rings. The van der Waals surface area contributed by atoms with Crippen molar-refractivity contribution in [3.05, 3.63) is 58.1 Å². The molecule has 0 saturated carbocycles. The average Bonchev–Trinajstić information content (AvgIpc) is 2.43. The van der Waals surface area contributed by atoms with Gasteiger partial charge in [0.05, 0.1) is 5.69 Å². The van der Waals surface area contributed by atoms with Crippen LogP contribution in [0.25, 0.3) is 0 Å². The van der Waals surface area contributed by atoms with Gasteiger partial charge in [0.2, 0.25) is 10.0 Å². The molecule has 0 spiro atoms. The molecule has 2 rings (SSSR count). The molecule has 0 unspecified atom stereocenters. The van der Waals surface area contributed by atoms with Crippen LogP contribution in [0.1, 0.15) is 5.56 Å². The molecular weight excluding hydrogens is 366 g/mol. The number of hydrogen-bond donors (Lipinski definition) is 2. The summed E-state index contributed by atoms with van der Waals surface area (Å²) >= 11 is 3.19. The van der Waals surface area contributed by atoms with Crippen LogP contribution in [-0.2, 0) is 16.6 Å². The van der Waals surface area contributed by atoms with Crippen molar-refractivity contribution in [3.63, 3.8) is 0 Å². The normalized spacial score (nSPS) is 11.6. The van der Waals surface area contributed by atoms with Gasteiger partial charge in [0.25, 0.3) is 0 Å². The molecule has 0 aromatic heterocycles. The van der Waals surface area contributed by atoms with Gasteiger partial charge in [-0.1, -0.05) is 22.0 Å². The summed E-state index contributed by atoms with van der Waals surface area (Å²) < 4.78 is 53.5. The monoisotopic (exact) mass is 376 g/mol. The number of para-hydroxylation sites is 1. The van der Waals surface area contributed by atoms with Gasteiger partial charge >= 0.3 is 0 Å². The second kappa shape index (κ2) is 6.08. The number of nitrogens with one attached hydrogen (secondary N) is 1. The molecule has 0 aliphatic rings. The van der Waals surface area contributed by atoms with Crippen LogP contribution >= 0.6 is 15.9 Å². The number of nitrogen functional groups attached to an aromatic ring is 1. The van der Waals surface area contributed by atoms with Crippen molar-refractivity contribution in [2.45, 2.75) is 11.4 Å². The molecule has 112 valence electrons. The number of hydrogen-bond acceptors (Lipinski definition) is 3. The lowest BCUT2D eigenvalue weighted by molar-refractivity contribution is 0.577. The first-order valence-corrected chi connectivity index (χ1v) is 8.06. The predicted molar refractivity (Wildman–Crippen MR) is 78.9 cm³/mol. The maximum Gasteiger partial charge on any atom is 0.243 e. The van der Waals surface area contributed by atoms with Crippen molar-refractivity contribution in [2.24, 2.45) is 0 Å². The summed E-state index contributed by atoms with van der Waals surface area (Å²) in [5, 5.41) is 0. The Bertz CT molecular complexity index is 782. The van der Waals surface area contributed by atoms with Gasteiger partial charge < -0.3 is 5.73 Å². The Morgan fingerprint density at radius 3 is 2.62 bits per heavy atom. The van der Waals surface area contributed by atoms with Crippen LogP contribution in [0, 0.1) is 11.6 Å². The van der Waals surface area contributed by atoms with E-state index in [-0.39, 0.29) is 11.4 Å². The topological polar surface area (TPSA) is 72.2 Å². The van der Waals surface area contributed by atoms with E-state index in [4.69, 9.17) is 5.73 Å². The van der Waals surface area contributed by atoms with E-state index in [9.17, 15) is 17.2 Å². The zero-order chi connectivity index (χ0) is 15.6. The van der Waals surface area contributed by atoms with Crippen molar-refractivity contribution in [3.8, 4) is 0 Å². The van der Waals surface area contributed by atoms with Gasteiger partial charge in [-0.15, -0.1) is 0 Å². The van der Waals surface area contributed by atoms with E-state index in [1.54, 1.807) is 0 Å². The van der Waals surface area contributed by atoms with Gasteiger partial charge in [-0.2, -0.15) is 0 Å². The molecule has 2 aromatic carbocycles. The molecule has 0 fully saturated rings. The molecule has 0 atom stereocenters. The minimum atomic E-state index is -4.00. The molecule has 0 amide bonds. The van der Waals surface area contributed by atoms with E-state index in [2.05, 4.69) is 20.7 Å². The lowest BCUT2D eigenvalue weighted by Gasteiger charge is -2.10. The smallest absolute Gasteiger partial charge is 0.243 e. The molecule has 0 radical (unpaired) electrons. The molecule has 0 aliphatic carbocycles. The summed E-state index contributed by atoms with van der Waals surface area (Å²) in [6.07, 6.45) is 0. The van der Waals surface area contributed by atoms with Crippen LogP contribution in [0.15, 0.2) is 45.8 Å². The fourth-order valence-corrected chi connectivity index (χ4v) is 3.21. The van der Waals surface area contributed by atoms with E-state index >= 15 is 0 Å². The molecule has 8 heteroatoms. The number of benzene rings is 2. The number of sulfonamides is 1. The average molecular weight is 377 g/mol. The van der Waals surface area contributed by atoms with Crippen LogP contribution in [0.5, 0.6) is 0 Å². The summed E-state index contributed by atoms with van der Waals surface area (Å²) in [7, 11) is -4.00. The van der Waals surface area contributed by atoms with Crippen LogP contribution < -0.4 is 10.5 Å². The first-order chi connectivity index (χ1) is 9.81. The highest BCUT2D eigenvalue weighted by Crippen LogP contribution is 2.22. The maximum atomic E-state index is 13.3. The van der Waals surface area contributed by atoms with E-state index in [1.165, 1.54) is 30.3 Å². The minimum absolute atomic E-state index is 0.156. The fourth-order valence-electron chi connectivity index (χ4n) is 1.68. The first kappa shape index (κ1) is 15.9. The number of anilines is 1. The second-order valence-corrected chi connectivity index (χ2v) is 6.80. The molecule has 3 N–H and O–H groups in total. The molecule has 0 saturated heterocycles. The first-order valence-electron chi connectivity index (χ1n) is 5.79. The molecule has 0 bridgehead atoms. The third kappa shape index (κ3) is 3.58. The van der Waals surface area contributed by atoms with Gasteiger partial charge in [0, 0.05) is 11.0 Å². The largest absolute Gasteiger partial charge is 0.395 e. The Hall–Kier alpha value is -1.51. The highest BCUT2D eigenvalue weighted by molar-refractivity contribution is 9.10. The summed E-state index contributed by atoms with van der Waals surface area (Å²) in [6, 6.07) is 7.42. The number of halogens is 3. The number of rotatable bonds is 4. The van der Waals surface area contributed by atoms with E-state index < -0.39 is 27.3 Å². The lowest BCUT2D eigenvalue weighted by atomic mass is 10.2. The third-order valence-electron chi connectivity index (χ3n) is 2.76. The summed E-state index contributed by atoms with van der Waals surface area (Å²) in [5.41, 5.74) is 5.38. The molecular formula is C13H11BrF2N2O2S. The molecule has 4 nitrogen and oxygen atoms in total. The van der Waals surface area contributed by atoms with Crippen molar-refractivity contribution in [1.82, 2.24) is 4.72 Å². The summed E-state index contributed by atoms with van der Waals surface area (Å²) in [4.78, 5) is -0.352. The van der Waals surface area contributed by atoms with Crippen molar-refractivity contribution >= 4 is 31.6 Å². The van der Waals surface area contributed by atoms with Crippen molar-refractivity contribution in [1.29, 1.82) is 0 Å². The SMILES string of the molecule is Nc1c(F)cccc1S(=O)(=O)NCc1cc(F)ccc1Br. The Kier molecular flexibility index (Phi) is 4.60. The summed E-state index contributed by atoms with van der Waals surface area (Å²) in [6.45, 7) is -0.156. The highest BCUT2D eigenvalue weighted by atomic mass is 79.9. The van der Waals surface area contributed by atoms with Crippen LogP contribution in [0.4, 0.5) is 14.5 Å². The fraction of sp³-hybridized carbons (Fsp3) is 0.0769. The molecule has 0 heterocycles. The Balaban J connectivity index is 2.26. The second-order valence-electron chi connectivity index (χ2n) is 4.21. The Morgan fingerprint density at radius 2 is 1.90 bits per heavy atom. The van der Waals surface area contributed by atoms with Gasteiger partial charge in [-0.3, -0.25) is 0 Å². The van der Waals surface area contributed by atoms with Gasteiger partial charge in [-0.25, -0.2) is 21.9 Å². The van der Waals surface area contributed by atoms with Crippen LogP contribution in [0.3, 0.4) is 0 Å². The predicted octanol–water partition coefficient (Wildman–Crippen LogP) is 2.79. The lowest BCUT2D eigenvalue weighted by Crippen LogP contribution is -2.24. The van der Waals surface area contributed by atoms with E-state index in [0.717, 1.165) is 6.07 Å². The van der Waals surface area contributed by atoms with Crippen LogP contribution in [-0.4, -0.2) is 8.42 Å². The summed E-state index contributed by atoms with van der Waals surface area (Å²) in [5.74, 6) is -1.30. The third-order valence-corrected chi connectivity index (χ3v) is 5.00. The van der Waals surface area contributed by atoms with Crippen LogP contribution in [0.2, 0.25) is 0 Å². The van der Waals surface area contributed by atoms with Gasteiger partial charge in [0.1, 0.15) is 16.5 Å². The zero-order valence-corrected chi connectivity index (χ0v) is 13.0. The Morgan fingerprint density at radius 1 is 1.19 bits per heavy atom. The maximum absolute atomic E-state index is 13.3. The minimum Gasteiger partial charge on any atom is -0.395 e. The standard InChI is InChI=1S/C13H11BrF2N2O2S/c14-10-5-4-9(15)6-8(10)7-18-21(19,20)12-3-1-2-11(16)13(12)17/h1-6,18H,7,17H2. The molecule has 0 aliphatic heterocycles. The van der Waals surface area contributed by atoms with E-state index in [0.29, 0.717) is 10.0 Å². The zero-order valence-electron chi connectivity index (χ0n) is 10.6. The number of nitrogens with two attached hydrogens (primary N) is 1. The van der Waals surface area contributed by atoms with E-state index in [1.807, 2.05) is 0 Å². The Labute approximate surface area is 129 Å². The van der Waals surface area contributed by atoms with Crippen molar-refractivity contribution in [2.75, 3.05) is 5.73 Å². The quantitative estimate of drug-likeness (QED) is 0.805.